The molecule has 6 heteroatoms. The maximum Gasteiger partial charge on any atom is 0.239 e. The lowest BCUT2D eigenvalue weighted by atomic mass is 9.96. The van der Waals surface area contributed by atoms with E-state index in [9.17, 15) is 9.59 Å². The van der Waals surface area contributed by atoms with Gasteiger partial charge in [0.15, 0.2) is 0 Å². The molecule has 0 fully saturated rings. The van der Waals surface area contributed by atoms with E-state index in [0.717, 1.165) is 23.3 Å². The third-order valence-electron chi connectivity index (χ3n) is 3.87. The van der Waals surface area contributed by atoms with Crippen molar-refractivity contribution in [2.24, 2.45) is 11.3 Å². The van der Waals surface area contributed by atoms with Gasteiger partial charge in [0.25, 0.3) is 0 Å². The molecule has 25 heavy (non-hydrogen) atoms. The maximum absolute atomic E-state index is 12.3. The quantitative estimate of drug-likeness (QED) is 0.753. The molecule has 0 aliphatic heterocycles. The van der Waals surface area contributed by atoms with E-state index in [-0.39, 0.29) is 24.4 Å². The lowest BCUT2D eigenvalue weighted by molar-refractivity contribution is -0.131. The van der Waals surface area contributed by atoms with Crippen molar-refractivity contribution in [1.29, 1.82) is 0 Å². The van der Waals surface area contributed by atoms with Crippen LogP contribution in [-0.2, 0) is 9.59 Å². The van der Waals surface area contributed by atoms with Crippen LogP contribution in [0.1, 0.15) is 52.9 Å². The summed E-state index contributed by atoms with van der Waals surface area (Å²) in [5, 5.41) is 5.66. The molecule has 1 atom stereocenters. The van der Waals surface area contributed by atoms with Crippen molar-refractivity contribution >= 4 is 22.8 Å². The van der Waals surface area contributed by atoms with Crippen LogP contribution < -0.4 is 10.6 Å². The lowest BCUT2D eigenvalue weighted by Gasteiger charge is -2.20. The van der Waals surface area contributed by atoms with Gasteiger partial charge < -0.3 is 15.6 Å². The highest BCUT2D eigenvalue weighted by Crippen LogP contribution is 2.21. The Morgan fingerprint density at radius 3 is 2.48 bits per heavy atom. The molecule has 0 bridgehead atoms. The van der Waals surface area contributed by atoms with Gasteiger partial charge >= 0.3 is 0 Å². The molecule has 0 aliphatic rings. The summed E-state index contributed by atoms with van der Waals surface area (Å²) in [4.78, 5) is 32.1. The highest BCUT2D eigenvalue weighted by atomic mass is 16.2. The number of nitrogens with one attached hydrogen (secondary N) is 3. The van der Waals surface area contributed by atoms with E-state index < -0.39 is 5.41 Å². The Balaban J connectivity index is 2.07. The Hall–Kier alpha value is -2.37. The van der Waals surface area contributed by atoms with Crippen LogP contribution in [0.5, 0.6) is 0 Å². The second kappa shape index (κ2) is 7.68. The van der Waals surface area contributed by atoms with Gasteiger partial charge in [-0.3, -0.25) is 9.59 Å². The molecular weight excluding hydrogens is 316 g/mol. The number of aromatic amines is 1. The van der Waals surface area contributed by atoms with Crippen LogP contribution in [0.15, 0.2) is 24.3 Å². The standard InChI is InChI=1S/C19H28N4O2/c1-12(2)10-15(17-22-13-8-6-7-9-14(13)23-17)21-16(24)11-20-18(25)19(3,4)5/h6-9,12,15H,10-11H2,1-5H3,(H,20,25)(H,21,24)(H,22,23)/t15-/m1/s1. The topological polar surface area (TPSA) is 86.9 Å². The zero-order chi connectivity index (χ0) is 18.6. The number of H-pyrrole nitrogens is 1. The van der Waals surface area contributed by atoms with Gasteiger partial charge in [-0.25, -0.2) is 4.98 Å². The summed E-state index contributed by atoms with van der Waals surface area (Å²) in [5.74, 6) is 0.767. The van der Waals surface area contributed by atoms with Crippen molar-refractivity contribution in [2.45, 2.75) is 47.1 Å². The second-order valence-corrected chi connectivity index (χ2v) is 7.82. The summed E-state index contributed by atoms with van der Waals surface area (Å²) in [6.07, 6.45) is 0.763. The van der Waals surface area contributed by atoms with Gasteiger partial charge in [-0.1, -0.05) is 46.8 Å². The van der Waals surface area contributed by atoms with Crippen LogP contribution >= 0.6 is 0 Å². The first-order chi connectivity index (χ1) is 11.7. The molecule has 6 nitrogen and oxygen atoms in total. The van der Waals surface area contributed by atoms with E-state index in [4.69, 9.17) is 0 Å². The van der Waals surface area contributed by atoms with Gasteiger partial charge in [0, 0.05) is 5.41 Å². The fourth-order valence-corrected chi connectivity index (χ4v) is 2.52. The van der Waals surface area contributed by atoms with E-state index in [1.54, 1.807) is 0 Å². The molecule has 1 aromatic carbocycles. The van der Waals surface area contributed by atoms with Crippen LogP contribution in [0.4, 0.5) is 0 Å². The molecule has 2 rings (SSSR count). The molecule has 0 saturated carbocycles. The number of para-hydroxylation sites is 2. The van der Waals surface area contributed by atoms with Crippen LogP contribution in [0.3, 0.4) is 0 Å². The average molecular weight is 344 g/mol. The van der Waals surface area contributed by atoms with E-state index in [1.807, 2.05) is 45.0 Å². The van der Waals surface area contributed by atoms with Gasteiger partial charge in [-0.15, -0.1) is 0 Å². The Morgan fingerprint density at radius 2 is 1.88 bits per heavy atom. The summed E-state index contributed by atoms with van der Waals surface area (Å²) in [7, 11) is 0. The summed E-state index contributed by atoms with van der Waals surface area (Å²) >= 11 is 0. The first-order valence-corrected chi connectivity index (χ1v) is 8.69. The van der Waals surface area contributed by atoms with E-state index in [0.29, 0.717) is 5.92 Å². The summed E-state index contributed by atoms with van der Waals surface area (Å²) < 4.78 is 0. The number of benzene rings is 1. The molecule has 0 radical (unpaired) electrons. The fourth-order valence-electron chi connectivity index (χ4n) is 2.52. The number of amides is 2. The van der Waals surface area contributed by atoms with Crippen molar-refractivity contribution < 1.29 is 9.59 Å². The van der Waals surface area contributed by atoms with Crippen LogP contribution in [0, 0.1) is 11.3 Å². The minimum atomic E-state index is -0.518. The first-order valence-electron chi connectivity index (χ1n) is 8.69. The minimum Gasteiger partial charge on any atom is -0.347 e. The first kappa shape index (κ1) is 19.0. The van der Waals surface area contributed by atoms with Gasteiger partial charge in [0.05, 0.1) is 23.6 Å². The number of hydrogen-bond donors (Lipinski definition) is 3. The Labute approximate surface area is 148 Å². The normalized spacial score (nSPS) is 13.0. The summed E-state index contributed by atoms with van der Waals surface area (Å²) in [6, 6.07) is 7.57. The average Bonchev–Trinajstić information content (AvgIpc) is 2.94. The summed E-state index contributed by atoms with van der Waals surface area (Å²) in [5.41, 5.74) is 1.30. The maximum atomic E-state index is 12.3. The molecule has 0 aliphatic carbocycles. The SMILES string of the molecule is CC(C)C[C@@H](NC(=O)CNC(=O)C(C)(C)C)c1nc2ccccc2[nH]1. The van der Waals surface area contributed by atoms with Gasteiger partial charge in [0.1, 0.15) is 5.82 Å². The van der Waals surface area contributed by atoms with Crippen LogP contribution in [0.25, 0.3) is 11.0 Å². The van der Waals surface area contributed by atoms with E-state index in [2.05, 4.69) is 34.4 Å². The zero-order valence-corrected chi connectivity index (χ0v) is 15.6. The number of aromatic nitrogens is 2. The number of rotatable bonds is 6. The number of carbonyl (C=O) groups excluding carboxylic acids is 2. The lowest BCUT2D eigenvalue weighted by Crippen LogP contribution is -2.43. The monoisotopic (exact) mass is 344 g/mol. The molecular formula is C19H28N4O2. The minimum absolute atomic E-state index is 0.0368. The van der Waals surface area contributed by atoms with E-state index >= 15 is 0 Å². The predicted molar refractivity (Wildman–Crippen MR) is 98.9 cm³/mol. The smallest absolute Gasteiger partial charge is 0.239 e. The van der Waals surface area contributed by atoms with E-state index in [1.165, 1.54) is 0 Å². The molecule has 2 amide bonds. The van der Waals surface area contributed by atoms with Crippen molar-refractivity contribution in [1.82, 2.24) is 20.6 Å². The van der Waals surface area contributed by atoms with Gasteiger partial charge in [-0.05, 0) is 24.5 Å². The molecule has 0 spiro atoms. The number of nitrogens with zero attached hydrogens (tertiary/aromatic N) is 1. The Kier molecular flexibility index (Phi) is 5.82. The van der Waals surface area contributed by atoms with Gasteiger partial charge in [0.2, 0.25) is 11.8 Å². The second-order valence-electron chi connectivity index (χ2n) is 7.82. The third-order valence-corrected chi connectivity index (χ3v) is 3.87. The zero-order valence-electron chi connectivity index (χ0n) is 15.6. The number of carbonyl (C=O) groups is 2. The number of hydrogen-bond acceptors (Lipinski definition) is 3. The Morgan fingerprint density at radius 1 is 1.20 bits per heavy atom. The number of imidazole rings is 1. The van der Waals surface area contributed by atoms with Crippen molar-refractivity contribution in [3.63, 3.8) is 0 Å². The van der Waals surface area contributed by atoms with Crippen LogP contribution in [-0.4, -0.2) is 28.3 Å². The largest absolute Gasteiger partial charge is 0.347 e. The molecule has 1 aromatic heterocycles. The fraction of sp³-hybridized carbons (Fsp3) is 0.526. The molecule has 0 saturated heterocycles. The molecule has 0 unspecified atom stereocenters. The molecule has 3 N–H and O–H groups in total. The van der Waals surface area contributed by atoms with Crippen molar-refractivity contribution in [2.75, 3.05) is 6.54 Å². The predicted octanol–water partition coefficient (Wildman–Crippen LogP) is 2.93. The molecule has 1 heterocycles. The van der Waals surface area contributed by atoms with Crippen molar-refractivity contribution in [3.05, 3.63) is 30.1 Å². The van der Waals surface area contributed by atoms with Crippen LogP contribution in [0.2, 0.25) is 0 Å². The molecule has 136 valence electrons. The van der Waals surface area contributed by atoms with Gasteiger partial charge in [-0.2, -0.15) is 0 Å². The molecule has 2 aromatic rings. The highest BCUT2D eigenvalue weighted by molar-refractivity contribution is 5.87. The third kappa shape index (κ3) is 5.31. The Bertz CT molecular complexity index is 710. The van der Waals surface area contributed by atoms with Crippen molar-refractivity contribution in [3.8, 4) is 0 Å². The number of fused-ring (bicyclic) bond motifs is 1. The highest BCUT2D eigenvalue weighted by Gasteiger charge is 2.23. The summed E-state index contributed by atoms with van der Waals surface area (Å²) in [6.45, 7) is 9.61.